The van der Waals surface area contributed by atoms with Crippen molar-refractivity contribution in [2.75, 3.05) is 16.5 Å². The molecule has 2 heterocycles. The van der Waals surface area contributed by atoms with Gasteiger partial charge in [0, 0.05) is 11.4 Å². The monoisotopic (exact) mass is 415 g/mol. The Bertz CT molecular complexity index is 1140. The number of amides is 1. The van der Waals surface area contributed by atoms with Crippen LogP contribution in [0.2, 0.25) is 0 Å². The molecule has 0 aliphatic carbocycles. The summed E-state index contributed by atoms with van der Waals surface area (Å²) in [5, 5.41) is 6.47. The van der Waals surface area contributed by atoms with Gasteiger partial charge in [-0.2, -0.15) is 18.5 Å². The molecule has 144 valence electrons. The molecule has 0 aromatic heterocycles. The second kappa shape index (κ2) is 6.77. The second-order valence-corrected chi connectivity index (χ2v) is 8.72. The fraction of sp³-hybridized carbons (Fsp3) is 0.158. The highest BCUT2D eigenvalue weighted by Crippen LogP contribution is 2.48. The molecule has 2 aromatic rings. The lowest BCUT2D eigenvalue weighted by atomic mass is 10.1. The molecule has 0 atom stereocenters. The molecule has 2 aliphatic rings. The molecule has 7 nitrogen and oxygen atoms in total. The van der Waals surface area contributed by atoms with Gasteiger partial charge in [-0.1, -0.05) is 23.9 Å². The van der Waals surface area contributed by atoms with Gasteiger partial charge in [0.1, 0.15) is 0 Å². The normalized spacial score (nSPS) is 19.2. The standard InChI is InChI=1S/C19H17N3O4S2/c1-3-21-15-6-4-5-7-16(15)27-19(21)17-12(2)20-22(18(17)23)13-8-10-14(11-9-13)28(24,25)26/h4-11H,3H2,1-2H3,(H,24,25,26). The highest BCUT2D eigenvalue weighted by Gasteiger charge is 2.36. The summed E-state index contributed by atoms with van der Waals surface area (Å²) in [6.45, 7) is 4.53. The van der Waals surface area contributed by atoms with Crippen LogP contribution in [0, 0.1) is 0 Å². The van der Waals surface area contributed by atoms with E-state index in [2.05, 4.69) is 10.0 Å². The van der Waals surface area contributed by atoms with Crippen LogP contribution < -0.4 is 9.91 Å². The zero-order chi connectivity index (χ0) is 20.1. The van der Waals surface area contributed by atoms with Gasteiger partial charge in [0.15, 0.2) is 0 Å². The van der Waals surface area contributed by atoms with E-state index in [0.29, 0.717) is 23.5 Å². The lowest BCUT2D eigenvalue weighted by Crippen LogP contribution is -2.26. The first-order valence-electron chi connectivity index (χ1n) is 8.57. The van der Waals surface area contributed by atoms with Gasteiger partial charge >= 0.3 is 0 Å². The van der Waals surface area contributed by atoms with Crippen molar-refractivity contribution in [3.05, 3.63) is 59.1 Å². The fourth-order valence-corrected chi connectivity index (χ4v) is 5.01. The number of fused-ring (bicyclic) bond motifs is 1. The highest BCUT2D eigenvalue weighted by atomic mass is 32.2. The van der Waals surface area contributed by atoms with E-state index in [9.17, 15) is 13.2 Å². The summed E-state index contributed by atoms with van der Waals surface area (Å²) in [6, 6.07) is 13.4. The maximum atomic E-state index is 13.1. The molecule has 2 aliphatic heterocycles. The third kappa shape index (κ3) is 3.01. The van der Waals surface area contributed by atoms with Crippen molar-refractivity contribution >= 4 is 44.9 Å². The number of para-hydroxylation sites is 1. The zero-order valence-electron chi connectivity index (χ0n) is 15.2. The third-order valence-corrected chi connectivity index (χ3v) is 6.59. The van der Waals surface area contributed by atoms with Gasteiger partial charge in [-0.3, -0.25) is 9.35 Å². The second-order valence-electron chi connectivity index (χ2n) is 6.27. The minimum Gasteiger partial charge on any atom is -0.335 e. The van der Waals surface area contributed by atoms with Crippen LogP contribution in [0.5, 0.6) is 0 Å². The Morgan fingerprint density at radius 1 is 1.11 bits per heavy atom. The van der Waals surface area contributed by atoms with E-state index in [-0.39, 0.29) is 10.8 Å². The number of hydrazone groups is 1. The first-order valence-corrected chi connectivity index (χ1v) is 10.8. The minimum absolute atomic E-state index is 0.235. The number of anilines is 2. The van der Waals surface area contributed by atoms with Crippen molar-refractivity contribution < 1.29 is 17.8 Å². The van der Waals surface area contributed by atoms with E-state index >= 15 is 0 Å². The number of carbonyl (C=O) groups excluding carboxylic acids is 1. The Balaban J connectivity index is 1.72. The molecule has 0 saturated heterocycles. The highest BCUT2D eigenvalue weighted by molar-refractivity contribution is 8.03. The van der Waals surface area contributed by atoms with Crippen LogP contribution in [0.15, 0.2) is 74.0 Å². The molecule has 0 unspecified atom stereocenters. The number of hydrogen-bond acceptors (Lipinski definition) is 6. The lowest BCUT2D eigenvalue weighted by Gasteiger charge is -2.20. The van der Waals surface area contributed by atoms with Crippen molar-refractivity contribution in [1.29, 1.82) is 0 Å². The Kier molecular flexibility index (Phi) is 4.53. The molecule has 1 amide bonds. The van der Waals surface area contributed by atoms with Gasteiger partial charge in [0.05, 0.1) is 32.6 Å². The van der Waals surface area contributed by atoms with Crippen LogP contribution in [-0.2, 0) is 14.9 Å². The topological polar surface area (TPSA) is 90.3 Å². The summed E-state index contributed by atoms with van der Waals surface area (Å²) in [7, 11) is -4.29. The summed E-state index contributed by atoms with van der Waals surface area (Å²) < 4.78 is 31.5. The Morgan fingerprint density at radius 3 is 2.43 bits per heavy atom. The van der Waals surface area contributed by atoms with E-state index in [4.69, 9.17) is 4.55 Å². The number of carbonyl (C=O) groups is 1. The molecule has 1 N–H and O–H groups in total. The van der Waals surface area contributed by atoms with Gasteiger partial charge in [-0.25, -0.2) is 0 Å². The summed E-state index contributed by atoms with van der Waals surface area (Å²) in [5.74, 6) is -0.272. The maximum absolute atomic E-state index is 13.1. The minimum atomic E-state index is -4.29. The Labute approximate surface area is 167 Å². The van der Waals surface area contributed by atoms with E-state index in [1.165, 1.54) is 29.3 Å². The summed E-state index contributed by atoms with van der Waals surface area (Å²) >= 11 is 1.54. The number of nitrogens with zero attached hydrogens (tertiary/aromatic N) is 3. The third-order valence-electron chi connectivity index (χ3n) is 4.54. The predicted octanol–water partition coefficient (Wildman–Crippen LogP) is 3.50. The smallest absolute Gasteiger partial charge is 0.294 e. The number of benzene rings is 2. The van der Waals surface area contributed by atoms with Gasteiger partial charge in [-0.05, 0) is 50.2 Å². The predicted molar refractivity (Wildman–Crippen MR) is 109 cm³/mol. The lowest BCUT2D eigenvalue weighted by molar-refractivity contribution is -0.114. The van der Waals surface area contributed by atoms with Crippen molar-refractivity contribution in [2.45, 2.75) is 23.6 Å². The molecular weight excluding hydrogens is 398 g/mol. The maximum Gasteiger partial charge on any atom is 0.294 e. The molecule has 0 spiro atoms. The van der Waals surface area contributed by atoms with Crippen LogP contribution >= 0.6 is 11.8 Å². The molecule has 9 heteroatoms. The molecule has 0 bridgehead atoms. The molecule has 28 heavy (non-hydrogen) atoms. The zero-order valence-corrected chi connectivity index (χ0v) is 16.8. The quantitative estimate of drug-likeness (QED) is 0.610. The van der Waals surface area contributed by atoms with Crippen molar-refractivity contribution in [2.24, 2.45) is 5.10 Å². The number of thioether (sulfide) groups is 1. The van der Waals surface area contributed by atoms with Gasteiger partial charge in [0.25, 0.3) is 16.0 Å². The van der Waals surface area contributed by atoms with Crippen LogP contribution in [-0.4, -0.2) is 31.1 Å². The number of hydrogen-bond donors (Lipinski definition) is 1. The summed E-state index contributed by atoms with van der Waals surface area (Å²) in [6.07, 6.45) is 0. The largest absolute Gasteiger partial charge is 0.335 e. The van der Waals surface area contributed by atoms with E-state index in [1.807, 2.05) is 31.2 Å². The molecule has 2 aromatic carbocycles. The Morgan fingerprint density at radius 2 is 1.79 bits per heavy atom. The average molecular weight is 415 g/mol. The Hall–Kier alpha value is -2.62. The van der Waals surface area contributed by atoms with Gasteiger partial charge in [-0.15, -0.1) is 0 Å². The van der Waals surface area contributed by atoms with Crippen molar-refractivity contribution in [1.82, 2.24) is 0 Å². The van der Waals surface area contributed by atoms with Crippen molar-refractivity contribution in [3.63, 3.8) is 0 Å². The molecule has 4 rings (SSSR count). The van der Waals surface area contributed by atoms with Crippen LogP contribution in [0.1, 0.15) is 13.8 Å². The molecular formula is C19H17N3O4S2. The molecule has 0 saturated carbocycles. The first kappa shape index (κ1) is 18.7. The molecule has 0 fully saturated rings. The van der Waals surface area contributed by atoms with Crippen LogP contribution in [0.3, 0.4) is 0 Å². The SMILES string of the molecule is CCN1C(=C2C(=O)N(c3ccc(S(=O)(=O)O)cc3)N=C2C)Sc2ccccc21. The van der Waals surface area contributed by atoms with E-state index in [0.717, 1.165) is 15.6 Å². The van der Waals surface area contributed by atoms with E-state index in [1.54, 1.807) is 18.7 Å². The van der Waals surface area contributed by atoms with Gasteiger partial charge < -0.3 is 4.90 Å². The number of rotatable bonds is 3. The van der Waals surface area contributed by atoms with Gasteiger partial charge in [0.2, 0.25) is 0 Å². The average Bonchev–Trinajstić information content (AvgIpc) is 3.17. The van der Waals surface area contributed by atoms with Crippen LogP contribution in [0.4, 0.5) is 11.4 Å². The first-order chi connectivity index (χ1) is 13.3. The molecule has 0 radical (unpaired) electrons. The van der Waals surface area contributed by atoms with E-state index < -0.39 is 10.1 Å². The summed E-state index contributed by atoms with van der Waals surface area (Å²) in [5.41, 5.74) is 2.62. The van der Waals surface area contributed by atoms with Crippen LogP contribution in [0.25, 0.3) is 0 Å². The van der Waals surface area contributed by atoms with Crippen molar-refractivity contribution in [3.8, 4) is 0 Å². The fourth-order valence-electron chi connectivity index (χ4n) is 3.22. The summed E-state index contributed by atoms with van der Waals surface area (Å²) in [4.78, 5) is 16.1.